The van der Waals surface area contributed by atoms with Gasteiger partial charge in [0.15, 0.2) is 0 Å². The highest BCUT2D eigenvalue weighted by Gasteiger charge is 2.10. The maximum atomic E-state index is 12.5. The first kappa shape index (κ1) is 20.7. The summed E-state index contributed by atoms with van der Waals surface area (Å²) in [4.78, 5) is 38.7. The Morgan fingerprint density at radius 2 is 1.78 bits per heavy atom. The van der Waals surface area contributed by atoms with Gasteiger partial charge < -0.3 is 21.8 Å². The molecule has 8 nitrogen and oxygen atoms in total. The maximum absolute atomic E-state index is 12.5. The molecular formula is C24H21N5O3. The largest absolute Gasteiger partial charge is 0.397 e. The van der Waals surface area contributed by atoms with Gasteiger partial charge in [0.25, 0.3) is 5.91 Å². The van der Waals surface area contributed by atoms with E-state index in [4.69, 9.17) is 11.5 Å². The smallest absolute Gasteiger partial charge is 0.326 e. The lowest BCUT2D eigenvalue weighted by atomic mass is 10.1. The third-order valence-corrected chi connectivity index (χ3v) is 5.00. The lowest BCUT2D eigenvalue weighted by Crippen LogP contribution is -2.17. The molecule has 0 spiro atoms. The van der Waals surface area contributed by atoms with E-state index in [1.807, 2.05) is 0 Å². The molecule has 0 saturated heterocycles. The number of nitrogens with two attached hydrogens (primary N) is 2. The predicted molar refractivity (Wildman–Crippen MR) is 125 cm³/mol. The number of carbonyl (C=O) groups is 2. The van der Waals surface area contributed by atoms with Crippen molar-refractivity contribution in [1.29, 1.82) is 0 Å². The van der Waals surface area contributed by atoms with Crippen molar-refractivity contribution in [3.8, 4) is 0 Å². The van der Waals surface area contributed by atoms with Crippen LogP contribution in [0.5, 0.6) is 0 Å². The zero-order chi connectivity index (χ0) is 22.7. The Hall–Kier alpha value is -4.59. The summed E-state index contributed by atoms with van der Waals surface area (Å²) >= 11 is 0. The van der Waals surface area contributed by atoms with Crippen LogP contribution < -0.4 is 22.5 Å². The number of anilines is 2. The van der Waals surface area contributed by atoms with Crippen molar-refractivity contribution >= 4 is 40.3 Å². The number of fused-ring (bicyclic) bond motifs is 1. The number of benzene rings is 3. The Labute approximate surface area is 183 Å². The number of hydrogen-bond donors (Lipinski definition) is 4. The summed E-state index contributed by atoms with van der Waals surface area (Å²) in [6.45, 7) is 0.336. The molecule has 4 rings (SSSR count). The van der Waals surface area contributed by atoms with Gasteiger partial charge in [-0.15, -0.1) is 0 Å². The number of aromatic nitrogens is 2. The molecule has 0 unspecified atom stereocenters. The molecule has 0 bridgehead atoms. The molecule has 4 aromatic rings. The van der Waals surface area contributed by atoms with E-state index in [2.05, 4.69) is 10.3 Å². The average Bonchev–Trinajstić information content (AvgIpc) is 3.08. The molecule has 3 aromatic carbocycles. The van der Waals surface area contributed by atoms with E-state index in [1.165, 1.54) is 6.08 Å². The van der Waals surface area contributed by atoms with Gasteiger partial charge in [-0.3, -0.25) is 14.2 Å². The summed E-state index contributed by atoms with van der Waals surface area (Å²) in [6.07, 6.45) is 2.85. The average molecular weight is 427 g/mol. The number of amides is 2. The van der Waals surface area contributed by atoms with E-state index in [0.29, 0.717) is 29.0 Å². The number of para-hydroxylation sites is 2. The fraction of sp³-hybridized carbons (Fsp3) is 0.0417. The normalized spacial score (nSPS) is 11.1. The molecule has 0 aliphatic carbocycles. The SMILES string of the molecule is NC(=O)/C=C/c1ccc2c(c1)[nH]c(=O)n2Cc1ccc(C(=O)Nc2ccccc2N)cc1. The zero-order valence-corrected chi connectivity index (χ0v) is 17.0. The van der Waals surface area contributed by atoms with E-state index in [-0.39, 0.29) is 11.6 Å². The van der Waals surface area contributed by atoms with Gasteiger partial charge in [0.05, 0.1) is 29.0 Å². The van der Waals surface area contributed by atoms with Crippen LogP contribution in [0.1, 0.15) is 21.5 Å². The van der Waals surface area contributed by atoms with Crippen LogP contribution in [0.15, 0.2) is 77.6 Å². The summed E-state index contributed by atoms with van der Waals surface area (Å²) < 4.78 is 1.61. The second-order valence-corrected chi connectivity index (χ2v) is 7.27. The van der Waals surface area contributed by atoms with Gasteiger partial charge in [-0.2, -0.15) is 0 Å². The molecular weight excluding hydrogens is 406 g/mol. The summed E-state index contributed by atoms with van der Waals surface area (Å²) in [5, 5.41) is 2.79. The number of hydrogen-bond acceptors (Lipinski definition) is 4. The second kappa shape index (κ2) is 8.65. The van der Waals surface area contributed by atoms with Gasteiger partial charge in [-0.25, -0.2) is 4.79 Å². The molecule has 0 radical (unpaired) electrons. The van der Waals surface area contributed by atoms with Gasteiger partial charge in [0, 0.05) is 11.6 Å². The van der Waals surface area contributed by atoms with Crippen molar-refractivity contribution in [2.45, 2.75) is 6.54 Å². The summed E-state index contributed by atoms with van der Waals surface area (Å²) in [5.41, 5.74) is 15.3. The van der Waals surface area contributed by atoms with Gasteiger partial charge in [-0.1, -0.05) is 30.3 Å². The van der Waals surface area contributed by atoms with E-state index in [0.717, 1.165) is 16.6 Å². The Balaban J connectivity index is 1.52. The molecule has 0 aliphatic heterocycles. The molecule has 160 valence electrons. The van der Waals surface area contributed by atoms with Gasteiger partial charge in [-0.05, 0) is 53.6 Å². The van der Waals surface area contributed by atoms with E-state index in [1.54, 1.807) is 77.4 Å². The molecule has 0 aliphatic rings. The molecule has 1 heterocycles. The van der Waals surface area contributed by atoms with E-state index >= 15 is 0 Å². The number of nitrogens with one attached hydrogen (secondary N) is 2. The van der Waals surface area contributed by atoms with Gasteiger partial charge in [0.1, 0.15) is 0 Å². The number of nitrogens with zero attached hydrogens (tertiary/aromatic N) is 1. The minimum absolute atomic E-state index is 0.252. The number of carbonyl (C=O) groups excluding carboxylic acids is 2. The van der Waals surface area contributed by atoms with Crippen molar-refractivity contribution in [3.63, 3.8) is 0 Å². The Bertz CT molecular complexity index is 1400. The summed E-state index contributed by atoms with van der Waals surface area (Å²) in [7, 11) is 0. The van der Waals surface area contributed by atoms with Crippen LogP contribution in [0.2, 0.25) is 0 Å². The van der Waals surface area contributed by atoms with Crippen LogP contribution in [0.25, 0.3) is 17.1 Å². The van der Waals surface area contributed by atoms with Crippen molar-refractivity contribution in [2.75, 3.05) is 11.1 Å². The fourth-order valence-electron chi connectivity index (χ4n) is 3.37. The van der Waals surface area contributed by atoms with Crippen LogP contribution in [0.4, 0.5) is 11.4 Å². The predicted octanol–water partition coefficient (Wildman–Crippen LogP) is 2.71. The Morgan fingerprint density at radius 1 is 1.03 bits per heavy atom. The minimum Gasteiger partial charge on any atom is -0.397 e. The summed E-state index contributed by atoms with van der Waals surface area (Å²) in [6, 6.07) is 19.4. The molecule has 0 saturated carbocycles. The van der Waals surface area contributed by atoms with Gasteiger partial charge in [0.2, 0.25) is 5.91 Å². The van der Waals surface area contributed by atoms with Crippen molar-refractivity contribution in [1.82, 2.24) is 9.55 Å². The van der Waals surface area contributed by atoms with Crippen LogP contribution in [0, 0.1) is 0 Å². The first-order chi connectivity index (χ1) is 15.4. The monoisotopic (exact) mass is 427 g/mol. The lowest BCUT2D eigenvalue weighted by molar-refractivity contribution is -0.113. The zero-order valence-electron chi connectivity index (χ0n) is 17.0. The van der Waals surface area contributed by atoms with E-state index < -0.39 is 5.91 Å². The minimum atomic E-state index is -0.541. The first-order valence-corrected chi connectivity index (χ1v) is 9.85. The Kier molecular flexibility index (Phi) is 5.59. The van der Waals surface area contributed by atoms with Crippen LogP contribution in [0.3, 0.4) is 0 Å². The number of aromatic amines is 1. The maximum Gasteiger partial charge on any atom is 0.326 e. The number of primary amides is 1. The standard InChI is InChI=1S/C24H21N5O3/c25-18-3-1-2-4-19(18)27-23(31)17-9-5-16(6-10-17)14-29-21-11-7-15(8-12-22(26)30)13-20(21)28-24(29)32/h1-13H,14,25H2,(H2,26,30)(H,27,31)(H,28,32)/b12-8+. The highest BCUT2D eigenvalue weighted by atomic mass is 16.2. The van der Waals surface area contributed by atoms with Crippen molar-refractivity contribution < 1.29 is 9.59 Å². The third-order valence-electron chi connectivity index (χ3n) is 5.00. The highest BCUT2D eigenvalue weighted by Crippen LogP contribution is 2.19. The quantitative estimate of drug-likeness (QED) is 0.278. The summed E-state index contributed by atoms with van der Waals surface area (Å²) in [5.74, 6) is -0.809. The first-order valence-electron chi connectivity index (χ1n) is 9.85. The molecule has 2 amide bonds. The van der Waals surface area contributed by atoms with Crippen molar-refractivity contribution in [3.05, 3.63) is 100.0 Å². The van der Waals surface area contributed by atoms with Gasteiger partial charge >= 0.3 is 5.69 Å². The van der Waals surface area contributed by atoms with Crippen LogP contribution in [-0.2, 0) is 11.3 Å². The molecule has 0 atom stereocenters. The molecule has 1 aromatic heterocycles. The number of rotatable bonds is 6. The highest BCUT2D eigenvalue weighted by molar-refractivity contribution is 6.05. The lowest BCUT2D eigenvalue weighted by Gasteiger charge is -2.09. The number of imidazole rings is 1. The number of nitrogen functional groups attached to an aromatic ring is 1. The second-order valence-electron chi connectivity index (χ2n) is 7.27. The van der Waals surface area contributed by atoms with E-state index in [9.17, 15) is 14.4 Å². The Morgan fingerprint density at radius 3 is 2.50 bits per heavy atom. The van der Waals surface area contributed by atoms with Crippen molar-refractivity contribution in [2.24, 2.45) is 5.73 Å². The molecule has 6 N–H and O–H groups in total. The molecule has 8 heteroatoms. The fourth-order valence-corrected chi connectivity index (χ4v) is 3.37. The van der Waals surface area contributed by atoms with Crippen LogP contribution in [-0.4, -0.2) is 21.4 Å². The topological polar surface area (TPSA) is 136 Å². The third kappa shape index (κ3) is 4.44. The number of H-pyrrole nitrogens is 1. The van der Waals surface area contributed by atoms with Crippen LogP contribution >= 0.6 is 0 Å². The molecule has 0 fully saturated rings. The molecule has 32 heavy (non-hydrogen) atoms.